The molecule has 1 heterocycles. The smallest absolute Gasteiger partial charge is 0.307 e. The zero-order valence-electron chi connectivity index (χ0n) is 16.3. The third-order valence-corrected chi connectivity index (χ3v) is 7.43. The maximum atomic E-state index is 12.8. The van der Waals surface area contributed by atoms with E-state index in [1.54, 1.807) is 0 Å². The summed E-state index contributed by atoms with van der Waals surface area (Å²) in [6, 6.07) is 2.28. The fourth-order valence-electron chi connectivity index (χ4n) is 4.48. The van der Waals surface area contributed by atoms with Crippen LogP contribution in [0.15, 0.2) is 0 Å². The van der Waals surface area contributed by atoms with E-state index in [1.165, 1.54) is 16.2 Å². The quantitative estimate of drug-likeness (QED) is 0.792. The monoisotopic (exact) mass is 388 g/mol. The number of carbonyl (C=O) groups is 2. The molecule has 1 aromatic heterocycles. The Morgan fingerprint density at radius 3 is 2.44 bits per heavy atom. The number of rotatable bonds is 3. The Morgan fingerprint density at radius 1 is 1.19 bits per heavy atom. The number of amides is 1. The molecule has 0 bridgehead atoms. The van der Waals surface area contributed by atoms with Gasteiger partial charge in [-0.2, -0.15) is 5.26 Å². The second-order valence-electron chi connectivity index (χ2n) is 8.95. The van der Waals surface area contributed by atoms with Crippen LogP contribution in [0.25, 0.3) is 0 Å². The van der Waals surface area contributed by atoms with E-state index < -0.39 is 17.8 Å². The van der Waals surface area contributed by atoms with Gasteiger partial charge in [0.1, 0.15) is 11.1 Å². The highest BCUT2D eigenvalue weighted by molar-refractivity contribution is 7.16. The summed E-state index contributed by atoms with van der Waals surface area (Å²) in [4.78, 5) is 25.5. The molecule has 5 nitrogen and oxygen atoms in total. The lowest BCUT2D eigenvalue weighted by atomic mass is 9.72. The van der Waals surface area contributed by atoms with Crippen molar-refractivity contribution in [3.63, 3.8) is 0 Å². The lowest BCUT2D eigenvalue weighted by Crippen LogP contribution is -2.36. The van der Waals surface area contributed by atoms with Crippen molar-refractivity contribution >= 4 is 28.2 Å². The number of hydrogen-bond donors (Lipinski definition) is 2. The highest BCUT2D eigenvalue weighted by Gasteiger charge is 2.37. The number of thiophene rings is 1. The molecular formula is C21H28N2O3S. The third-order valence-electron chi connectivity index (χ3n) is 6.26. The lowest BCUT2D eigenvalue weighted by Gasteiger charge is -2.33. The van der Waals surface area contributed by atoms with Crippen molar-refractivity contribution in [2.75, 3.05) is 5.32 Å². The van der Waals surface area contributed by atoms with Crippen molar-refractivity contribution in [2.24, 2.45) is 23.2 Å². The molecule has 0 saturated heterocycles. The summed E-state index contributed by atoms with van der Waals surface area (Å²) in [5, 5.41) is 22.6. The normalized spacial score (nSPS) is 25.3. The number of carboxylic acids is 1. The van der Waals surface area contributed by atoms with Gasteiger partial charge in [-0.05, 0) is 49.0 Å². The molecule has 146 valence electrons. The van der Waals surface area contributed by atoms with E-state index in [2.05, 4.69) is 32.2 Å². The summed E-state index contributed by atoms with van der Waals surface area (Å²) in [5.41, 5.74) is 1.88. The van der Waals surface area contributed by atoms with Crippen LogP contribution in [0.1, 0.15) is 68.9 Å². The van der Waals surface area contributed by atoms with Gasteiger partial charge in [0.15, 0.2) is 0 Å². The molecule has 3 rings (SSSR count). The maximum Gasteiger partial charge on any atom is 0.307 e. The Balaban J connectivity index is 1.82. The molecule has 1 aromatic rings. The molecule has 2 aliphatic carbocycles. The van der Waals surface area contributed by atoms with Gasteiger partial charge in [-0.25, -0.2) is 0 Å². The summed E-state index contributed by atoms with van der Waals surface area (Å²) in [7, 11) is 0. The Labute approximate surface area is 164 Å². The van der Waals surface area contributed by atoms with Crippen LogP contribution in [0.5, 0.6) is 0 Å². The minimum atomic E-state index is -0.895. The summed E-state index contributed by atoms with van der Waals surface area (Å²) >= 11 is 1.51. The first-order valence-electron chi connectivity index (χ1n) is 9.80. The minimum absolute atomic E-state index is 0.217. The zero-order valence-corrected chi connectivity index (χ0v) is 17.1. The number of aliphatic carboxylic acids is 1. The van der Waals surface area contributed by atoms with Crippen LogP contribution in [0, 0.1) is 34.5 Å². The largest absolute Gasteiger partial charge is 0.481 e. The Kier molecular flexibility index (Phi) is 5.62. The van der Waals surface area contributed by atoms with Gasteiger partial charge in [-0.3, -0.25) is 9.59 Å². The van der Waals surface area contributed by atoms with Crippen LogP contribution in [0.4, 0.5) is 5.00 Å². The molecule has 1 saturated carbocycles. The number of carboxylic acid groups (broad SMARTS) is 1. The molecule has 0 radical (unpaired) electrons. The molecule has 0 spiro atoms. The van der Waals surface area contributed by atoms with Crippen LogP contribution in [-0.4, -0.2) is 17.0 Å². The molecule has 0 aliphatic heterocycles. The van der Waals surface area contributed by atoms with Gasteiger partial charge < -0.3 is 10.4 Å². The van der Waals surface area contributed by atoms with E-state index in [4.69, 9.17) is 0 Å². The van der Waals surface area contributed by atoms with E-state index >= 15 is 0 Å². The lowest BCUT2D eigenvalue weighted by molar-refractivity contribution is -0.147. The summed E-state index contributed by atoms with van der Waals surface area (Å²) in [5.74, 6) is -1.71. The molecule has 27 heavy (non-hydrogen) atoms. The van der Waals surface area contributed by atoms with Gasteiger partial charge in [-0.15, -0.1) is 11.3 Å². The SMILES string of the molecule is CC(C)(C)[C@@H]1CCc2c(sc(NC(=O)[C@@H]3CCCC[C@@H]3C(=O)O)c2C#N)C1. The fourth-order valence-corrected chi connectivity index (χ4v) is 5.76. The Hall–Kier alpha value is -1.87. The molecule has 3 atom stereocenters. The number of hydrogen-bond acceptors (Lipinski definition) is 4. The maximum absolute atomic E-state index is 12.8. The average molecular weight is 389 g/mol. The topological polar surface area (TPSA) is 90.2 Å². The minimum Gasteiger partial charge on any atom is -0.481 e. The first kappa shape index (κ1) is 19.9. The van der Waals surface area contributed by atoms with Gasteiger partial charge in [0, 0.05) is 4.88 Å². The van der Waals surface area contributed by atoms with Gasteiger partial charge in [0.25, 0.3) is 0 Å². The Morgan fingerprint density at radius 2 is 1.85 bits per heavy atom. The van der Waals surface area contributed by atoms with Crippen LogP contribution in [0.3, 0.4) is 0 Å². The molecule has 0 unspecified atom stereocenters. The molecule has 1 fully saturated rings. The average Bonchev–Trinajstić information content (AvgIpc) is 2.96. The molecule has 6 heteroatoms. The van der Waals surface area contributed by atoms with Crippen LogP contribution >= 0.6 is 11.3 Å². The van der Waals surface area contributed by atoms with Crippen molar-refractivity contribution < 1.29 is 14.7 Å². The number of nitrogens with zero attached hydrogens (tertiary/aromatic N) is 1. The van der Waals surface area contributed by atoms with Crippen LogP contribution in [-0.2, 0) is 22.4 Å². The number of anilines is 1. The van der Waals surface area contributed by atoms with Crippen LogP contribution < -0.4 is 5.32 Å². The van der Waals surface area contributed by atoms with Crippen LogP contribution in [0.2, 0.25) is 0 Å². The third kappa shape index (κ3) is 4.03. The fraction of sp³-hybridized carbons (Fsp3) is 0.667. The Bertz CT molecular complexity index is 785. The number of carbonyl (C=O) groups excluding carboxylic acids is 1. The molecule has 1 amide bonds. The number of fused-ring (bicyclic) bond motifs is 1. The van der Waals surface area contributed by atoms with E-state index in [0.29, 0.717) is 29.3 Å². The second kappa shape index (κ2) is 7.63. The molecular weight excluding hydrogens is 360 g/mol. The van der Waals surface area contributed by atoms with E-state index in [1.807, 2.05) is 0 Å². The van der Waals surface area contributed by atoms with Crippen molar-refractivity contribution in [1.82, 2.24) is 0 Å². The first-order chi connectivity index (χ1) is 12.7. The van der Waals surface area contributed by atoms with Crippen molar-refractivity contribution in [3.8, 4) is 6.07 Å². The van der Waals surface area contributed by atoms with Gasteiger partial charge in [0.2, 0.25) is 5.91 Å². The number of nitrogens with one attached hydrogen (secondary N) is 1. The van der Waals surface area contributed by atoms with E-state index in [9.17, 15) is 20.0 Å². The van der Waals surface area contributed by atoms with E-state index in [0.717, 1.165) is 37.7 Å². The highest BCUT2D eigenvalue weighted by atomic mass is 32.1. The van der Waals surface area contributed by atoms with Gasteiger partial charge >= 0.3 is 5.97 Å². The van der Waals surface area contributed by atoms with E-state index in [-0.39, 0.29) is 11.3 Å². The second-order valence-corrected chi connectivity index (χ2v) is 10.1. The van der Waals surface area contributed by atoms with Gasteiger partial charge in [0.05, 0.1) is 17.4 Å². The molecule has 2 N–H and O–H groups in total. The summed E-state index contributed by atoms with van der Waals surface area (Å²) in [6.45, 7) is 6.75. The number of nitriles is 1. The summed E-state index contributed by atoms with van der Waals surface area (Å²) < 4.78 is 0. The van der Waals surface area contributed by atoms with Gasteiger partial charge in [-0.1, -0.05) is 33.6 Å². The molecule has 2 aliphatic rings. The highest BCUT2D eigenvalue weighted by Crippen LogP contribution is 2.44. The summed E-state index contributed by atoms with van der Waals surface area (Å²) in [6.07, 6.45) is 5.74. The zero-order chi connectivity index (χ0) is 19.8. The molecule has 0 aromatic carbocycles. The first-order valence-corrected chi connectivity index (χ1v) is 10.6. The van der Waals surface area contributed by atoms with Crippen molar-refractivity contribution in [1.29, 1.82) is 5.26 Å². The van der Waals surface area contributed by atoms with Crippen molar-refractivity contribution in [2.45, 2.75) is 65.7 Å². The predicted molar refractivity (Wildman–Crippen MR) is 106 cm³/mol. The standard InChI is InChI=1S/C21H28N2O3S/c1-21(2,3)12-8-9-13-16(11-22)19(27-17(13)10-12)23-18(24)14-6-4-5-7-15(14)20(25)26/h12,14-15H,4-10H2,1-3H3,(H,23,24)(H,25,26)/t12-,14-,15+/m1/s1. The predicted octanol–water partition coefficient (Wildman–Crippen LogP) is 4.60. The van der Waals surface area contributed by atoms with Crippen molar-refractivity contribution in [3.05, 3.63) is 16.0 Å².